The third-order valence-corrected chi connectivity index (χ3v) is 6.44. The number of pyridine rings is 1. The normalized spacial score (nSPS) is 12.5. The van der Waals surface area contributed by atoms with Gasteiger partial charge in [0.15, 0.2) is 17.2 Å². The summed E-state index contributed by atoms with van der Waals surface area (Å²) in [6.07, 6.45) is 5.91. The van der Waals surface area contributed by atoms with Crippen molar-refractivity contribution in [2.24, 2.45) is 0 Å². The minimum absolute atomic E-state index is 0.00884. The second-order valence-corrected chi connectivity index (χ2v) is 9.19. The van der Waals surface area contributed by atoms with Crippen LogP contribution in [0.1, 0.15) is 24.7 Å². The lowest BCUT2D eigenvalue weighted by atomic mass is 10.0. The van der Waals surface area contributed by atoms with Gasteiger partial charge in [0.1, 0.15) is 6.04 Å². The minimum Gasteiger partial charge on any atom is -0.618 e. The summed E-state index contributed by atoms with van der Waals surface area (Å²) in [5.74, 6) is -0.841. The van der Waals surface area contributed by atoms with Crippen LogP contribution in [0.25, 0.3) is 28.1 Å². The molecule has 5 aromatic rings. The molecule has 18 heteroatoms. The largest absolute Gasteiger partial charge is 0.618 e. The lowest BCUT2D eigenvalue weighted by Crippen LogP contribution is -2.36. The van der Waals surface area contributed by atoms with E-state index in [1.807, 2.05) is 0 Å². The van der Waals surface area contributed by atoms with Gasteiger partial charge in [0.2, 0.25) is 5.69 Å². The number of ether oxygens (including phenoxy) is 1. The molecule has 0 fully saturated rings. The second kappa shape index (κ2) is 11.8. The van der Waals surface area contributed by atoms with Gasteiger partial charge >= 0.3 is 13.2 Å². The van der Waals surface area contributed by atoms with Crippen molar-refractivity contribution < 1.29 is 31.4 Å². The van der Waals surface area contributed by atoms with Gasteiger partial charge in [-0.15, -0.1) is 10.2 Å². The summed E-state index contributed by atoms with van der Waals surface area (Å²) in [5.41, 5.74) is 0.331. The van der Waals surface area contributed by atoms with Crippen LogP contribution in [0.15, 0.2) is 55.2 Å². The molecule has 0 N–H and O–H groups in total. The zero-order valence-corrected chi connectivity index (χ0v) is 21.8. The molecule has 0 aliphatic heterocycles. The van der Waals surface area contributed by atoms with Crippen LogP contribution in [-0.4, -0.2) is 53.0 Å². The summed E-state index contributed by atoms with van der Waals surface area (Å²) < 4.78 is 74.8. The number of rotatable bonds is 10. The Kier molecular flexibility index (Phi) is 8.14. The van der Waals surface area contributed by atoms with Crippen LogP contribution in [0, 0.1) is 11.0 Å². The highest BCUT2D eigenvalue weighted by Gasteiger charge is 2.27. The van der Waals surface area contributed by atoms with Gasteiger partial charge in [0, 0.05) is 24.2 Å². The van der Waals surface area contributed by atoms with Crippen LogP contribution in [0.4, 0.5) is 22.0 Å². The molecule has 0 bridgehead atoms. The Labute approximate surface area is 236 Å². The van der Waals surface area contributed by atoms with E-state index in [4.69, 9.17) is 23.2 Å². The number of nitrogens with zero attached hydrogens (tertiary/aromatic N) is 9. The van der Waals surface area contributed by atoms with E-state index in [9.17, 15) is 22.8 Å². The van der Waals surface area contributed by atoms with E-state index in [0.717, 1.165) is 12.4 Å². The first kappa shape index (κ1) is 28.4. The topological polar surface area (TPSA) is 115 Å². The highest BCUT2D eigenvalue weighted by Crippen LogP contribution is 2.34. The summed E-state index contributed by atoms with van der Waals surface area (Å²) >= 11 is 11.9. The number of benzene rings is 1. The molecule has 4 heterocycles. The van der Waals surface area contributed by atoms with Crippen molar-refractivity contribution in [2.45, 2.75) is 25.6 Å². The van der Waals surface area contributed by atoms with Gasteiger partial charge in [0.25, 0.3) is 0 Å². The van der Waals surface area contributed by atoms with Crippen molar-refractivity contribution in [1.82, 2.24) is 39.8 Å². The molecule has 214 valence electrons. The van der Waals surface area contributed by atoms with Crippen LogP contribution in [-0.2, 0) is 4.74 Å². The summed E-state index contributed by atoms with van der Waals surface area (Å²) in [4.78, 5) is 0. The molecule has 1 atom stereocenters. The van der Waals surface area contributed by atoms with Gasteiger partial charge in [-0.25, -0.2) is 9.07 Å². The van der Waals surface area contributed by atoms with Crippen molar-refractivity contribution in [3.05, 3.63) is 82.1 Å². The Hall–Kier alpha value is -4.15. The SMILES string of the molecule is [O-][n+]1cc(-c2c(-n3cc(Cl)nn3)ccc(Cl)c2F)ccc1C(CCOC(F)F)n1cc(-c2cnnn2C(F)F)cn1. The Morgan fingerprint density at radius 3 is 2.49 bits per heavy atom. The molecular weight excluding hydrogens is 600 g/mol. The number of hydrogen-bond donors (Lipinski definition) is 0. The molecule has 0 aliphatic rings. The van der Waals surface area contributed by atoms with Gasteiger partial charge < -0.3 is 9.94 Å². The number of hydrogen-bond acceptors (Lipinski definition) is 7. The molecule has 0 saturated carbocycles. The Morgan fingerprint density at radius 1 is 1.00 bits per heavy atom. The van der Waals surface area contributed by atoms with Crippen LogP contribution < -0.4 is 4.73 Å². The quantitative estimate of drug-likeness (QED) is 0.122. The van der Waals surface area contributed by atoms with E-state index in [2.05, 4.69) is 30.5 Å². The van der Waals surface area contributed by atoms with Gasteiger partial charge in [-0.3, -0.25) is 4.68 Å². The van der Waals surface area contributed by atoms with Crippen molar-refractivity contribution in [1.29, 1.82) is 0 Å². The highest BCUT2D eigenvalue weighted by atomic mass is 35.5. The monoisotopic (exact) mass is 615 g/mol. The maximum atomic E-state index is 15.3. The molecule has 0 saturated heterocycles. The summed E-state index contributed by atoms with van der Waals surface area (Å²) in [6.45, 7) is -6.52. The predicted octanol–water partition coefficient (Wildman–Crippen LogP) is 5.08. The Balaban J connectivity index is 1.55. The van der Waals surface area contributed by atoms with Crippen molar-refractivity contribution in [3.8, 4) is 28.1 Å². The van der Waals surface area contributed by atoms with Crippen molar-refractivity contribution in [3.63, 3.8) is 0 Å². The standard InChI is InChI=1S/C23H16Cl2F5N9O2/c24-14-2-4-17(37-11-19(25)33-35-37)20(21(14)26)12-1-3-16(38(40)10-12)15(5-6-41-23(29)30)36-9-13(7-32-36)18-8-31-34-39(18)22(27)28/h1-4,7-11,15,22-23H,5-6H2. The lowest BCUT2D eigenvalue weighted by Gasteiger charge is -2.18. The first-order valence-corrected chi connectivity index (χ1v) is 12.3. The number of alkyl halides is 4. The van der Waals surface area contributed by atoms with Crippen LogP contribution in [0.5, 0.6) is 0 Å². The molecule has 0 amide bonds. The summed E-state index contributed by atoms with van der Waals surface area (Å²) in [5, 5.41) is 31.6. The van der Waals surface area contributed by atoms with E-state index in [0.29, 0.717) is 9.41 Å². The molecule has 41 heavy (non-hydrogen) atoms. The van der Waals surface area contributed by atoms with Gasteiger partial charge in [-0.2, -0.15) is 32.1 Å². The number of halogens is 7. The van der Waals surface area contributed by atoms with Gasteiger partial charge in [-0.1, -0.05) is 33.6 Å². The third-order valence-electron chi connectivity index (χ3n) is 5.97. The number of aromatic nitrogens is 9. The molecular formula is C23H16Cl2F5N9O2. The van der Waals surface area contributed by atoms with Gasteiger partial charge in [-0.05, 0) is 18.2 Å². The average Bonchev–Trinajstić information content (AvgIpc) is 3.69. The first-order chi connectivity index (χ1) is 19.6. The fraction of sp³-hybridized carbons (Fsp3) is 0.217. The zero-order valence-electron chi connectivity index (χ0n) is 20.3. The second-order valence-electron chi connectivity index (χ2n) is 8.40. The summed E-state index contributed by atoms with van der Waals surface area (Å²) in [7, 11) is 0. The molecule has 11 nitrogen and oxygen atoms in total. The first-order valence-electron chi connectivity index (χ1n) is 11.6. The minimum atomic E-state index is -3.06. The summed E-state index contributed by atoms with van der Waals surface area (Å²) in [6, 6.07) is 4.53. The molecule has 0 radical (unpaired) electrons. The smallest absolute Gasteiger partial charge is 0.345 e. The van der Waals surface area contributed by atoms with Crippen molar-refractivity contribution in [2.75, 3.05) is 6.61 Å². The lowest BCUT2D eigenvalue weighted by molar-refractivity contribution is -0.615. The maximum Gasteiger partial charge on any atom is 0.345 e. The molecule has 5 rings (SSSR count). The fourth-order valence-electron chi connectivity index (χ4n) is 4.19. The molecule has 0 spiro atoms. The van der Waals surface area contributed by atoms with E-state index in [1.54, 1.807) is 0 Å². The molecule has 0 aliphatic carbocycles. The van der Waals surface area contributed by atoms with Crippen molar-refractivity contribution >= 4 is 23.2 Å². The van der Waals surface area contributed by atoms with Crippen LogP contribution >= 0.6 is 23.2 Å². The predicted molar refractivity (Wildman–Crippen MR) is 133 cm³/mol. The molecule has 1 aromatic carbocycles. The molecule has 4 aromatic heterocycles. The average molecular weight is 616 g/mol. The van der Waals surface area contributed by atoms with Crippen LogP contribution in [0.2, 0.25) is 10.2 Å². The molecule has 1 unspecified atom stereocenters. The van der Waals surface area contributed by atoms with E-state index < -0.39 is 31.6 Å². The zero-order chi connectivity index (χ0) is 29.3. The Morgan fingerprint density at radius 2 is 1.80 bits per heavy atom. The third kappa shape index (κ3) is 5.84. The van der Waals surface area contributed by atoms with E-state index in [-0.39, 0.29) is 50.4 Å². The Bertz CT molecular complexity index is 1680. The fourth-order valence-corrected chi connectivity index (χ4v) is 4.47. The van der Waals surface area contributed by atoms with E-state index >= 15 is 4.39 Å². The van der Waals surface area contributed by atoms with Crippen LogP contribution in [0.3, 0.4) is 0 Å². The van der Waals surface area contributed by atoms with Gasteiger partial charge in [0.05, 0.1) is 52.7 Å². The maximum absolute atomic E-state index is 15.3. The van der Waals surface area contributed by atoms with E-state index in [1.165, 1.54) is 52.2 Å². The highest BCUT2D eigenvalue weighted by molar-refractivity contribution is 6.31.